The molecule has 6 N–H and O–H groups in total. The molecule has 9 nitrogen and oxygen atoms in total. The molecule has 1 aliphatic rings. The first-order valence-corrected chi connectivity index (χ1v) is 14.8. The van der Waals surface area contributed by atoms with Crippen LogP contribution in [0.5, 0.6) is 0 Å². The van der Waals surface area contributed by atoms with E-state index in [2.05, 4.69) is 10.2 Å². The lowest BCUT2D eigenvalue weighted by Gasteiger charge is -2.40. The second kappa shape index (κ2) is 21.5. The van der Waals surface area contributed by atoms with Gasteiger partial charge < -0.3 is 39.9 Å². The zero-order valence-electron chi connectivity index (χ0n) is 23.8. The fourth-order valence-corrected chi connectivity index (χ4v) is 4.75. The molecular formula is C28H58N2O7. The normalized spacial score (nSPS) is 26.0. The SMILES string of the molecule is CC(CCCCCCCCCCCCCCCC(O)NCCN(C)C)OC1OC(CO)C(O)C(O)C1O. The molecule has 0 aromatic carbocycles. The van der Waals surface area contributed by atoms with Gasteiger partial charge in [0.2, 0.25) is 0 Å². The molecule has 7 atom stereocenters. The smallest absolute Gasteiger partial charge is 0.186 e. The first-order chi connectivity index (χ1) is 17.8. The van der Waals surface area contributed by atoms with Crippen LogP contribution < -0.4 is 5.32 Å². The van der Waals surface area contributed by atoms with Crippen LogP contribution in [0.15, 0.2) is 0 Å². The van der Waals surface area contributed by atoms with Crippen LogP contribution in [0.2, 0.25) is 0 Å². The molecule has 0 aromatic rings. The molecule has 0 amide bonds. The third-order valence-electron chi connectivity index (χ3n) is 7.24. The maximum Gasteiger partial charge on any atom is 0.186 e. The molecule has 37 heavy (non-hydrogen) atoms. The van der Waals surface area contributed by atoms with Crippen molar-refractivity contribution in [3.8, 4) is 0 Å². The number of aliphatic hydroxyl groups excluding tert-OH is 5. The molecule has 1 aliphatic heterocycles. The van der Waals surface area contributed by atoms with Crippen molar-refractivity contribution in [2.75, 3.05) is 33.8 Å². The van der Waals surface area contributed by atoms with Gasteiger partial charge in [-0.3, -0.25) is 5.32 Å². The molecule has 0 spiro atoms. The van der Waals surface area contributed by atoms with Gasteiger partial charge in [0.1, 0.15) is 30.6 Å². The van der Waals surface area contributed by atoms with Crippen molar-refractivity contribution >= 4 is 0 Å². The van der Waals surface area contributed by atoms with Gasteiger partial charge >= 0.3 is 0 Å². The van der Waals surface area contributed by atoms with Crippen LogP contribution in [0.25, 0.3) is 0 Å². The Bertz CT molecular complexity index is 527. The summed E-state index contributed by atoms with van der Waals surface area (Å²) in [6, 6.07) is 0. The van der Waals surface area contributed by atoms with E-state index in [1.807, 2.05) is 21.0 Å². The highest BCUT2D eigenvalue weighted by molar-refractivity contribution is 4.89. The molecule has 1 rings (SSSR count). The zero-order chi connectivity index (χ0) is 27.5. The molecule has 0 radical (unpaired) electrons. The first kappa shape index (κ1) is 34.7. The van der Waals surface area contributed by atoms with Crippen molar-refractivity contribution in [3.63, 3.8) is 0 Å². The standard InChI is InChI=1S/C28H58N2O7/c1-22(36-28-27(35)26(34)25(33)23(21-31)37-28)17-15-13-11-9-7-5-4-6-8-10-12-14-16-18-24(32)29-19-20-30(2)3/h22-29,31-35H,4-21H2,1-3H3. The number of unbranched alkanes of at least 4 members (excludes halogenated alkanes) is 12. The van der Waals surface area contributed by atoms with Crippen molar-refractivity contribution in [2.24, 2.45) is 0 Å². The minimum absolute atomic E-state index is 0.142. The maximum absolute atomic E-state index is 10.1. The predicted octanol–water partition coefficient (Wildman–Crippen LogP) is 2.51. The van der Waals surface area contributed by atoms with Gasteiger partial charge in [-0.25, -0.2) is 0 Å². The number of aliphatic hydroxyl groups is 5. The Balaban J connectivity index is 1.87. The number of hydrogen-bond donors (Lipinski definition) is 6. The molecule has 1 heterocycles. The summed E-state index contributed by atoms with van der Waals surface area (Å²) in [7, 11) is 4.08. The second-order valence-electron chi connectivity index (χ2n) is 11.1. The Morgan fingerprint density at radius 3 is 1.73 bits per heavy atom. The number of likely N-dealkylation sites (N-methyl/N-ethyl adjacent to an activating group) is 1. The van der Waals surface area contributed by atoms with Crippen molar-refractivity contribution in [1.82, 2.24) is 10.2 Å². The lowest BCUT2D eigenvalue weighted by atomic mass is 9.99. The van der Waals surface area contributed by atoms with Crippen LogP contribution in [0.4, 0.5) is 0 Å². The van der Waals surface area contributed by atoms with E-state index in [1.54, 1.807) is 0 Å². The Labute approximate surface area is 225 Å². The average Bonchev–Trinajstić information content (AvgIpc) is 2.86. The summed E-state index contributed by atoms with van der Waals surface area (Å²) in [6.07, 6.45) is 11.2. The predicted molar refractivity (Wildman–Crippen MR) is 146 cm³/mol. The topological polar surface area (TPSA) is 135 Å². The molecule has 0 aliphatic carbocycles. The monoisotopic (exact) mass is 534 g/mol. The molecule has 0 aromatic heterocycles. The number of hydrogen-bond acceptors (Lipinski definition) is 9. The van der Waals surface area contributed by atoms with Crippen LogP contribution in [0, 0.1) is 0 Å². The summed E-state index contributed by atoms with van der Waals surface area (Å²) >= 11 is 0. The highest BCUT2D eigenvalue weighted by atomic mass is 16.7. The van der Waals surface area contributed by atoms with Gasteiger partial charge in [-0.1, -0.05) is 77.0 Å². The van der Waals surface area contributed by atoms with E-state index in [0.29, 0.717) is 0 Å². The molecule has 1 fully saturated rings. The van der Waals surface area contributed by atoms with Gasteiger partial charge in [0.15, 0.2) is 6.29 Å². The van der Waals surface area contributed by atoms with Crippen LogP contribution in [-0.4, -0.2) is 107 Å². The summed E-state index contributed by atoms with van der Waals surface area (Å²) in [6.45, 7) is 3.25. The van der Waals surface area contributed by atoms with E-state index in [1.165, 1.54) is 64.2 Å². The highest BCUT2D eigenvalue weighted by Crippen LogP contribution is 2.24. The van der Waals surface area contributed by atoms with Gasteiger partial charge in [-0.2, -0.15) is 0 Å². The molecule has 9 heteroatoms. The number of ether oxygens (including phenoxy) is 2. The molecule has 1 saturated heterocycles. The molecule has 222 valence electrons. The van der Waals surface area contributed by atoms with E-state index in [4.69, 9.17) is 9.47 Å². The Hall–Kier alpha value is -0.360. The molecular weight excluding hydrogens is 476 g/mol. The van der Waals surface area contributed by atoms with Crippen molar-refractivity contribution in [1.29, 1.82) is 0 Å². The van der Waals surface area contributed by atoms with Gasteiger partial charge in [0, 0.05) is 13.1 Å². The largest absolute Gasteiger partial charge is 0.394 e. The zero-order valence-corrected chi connectivity index (χ0v) is 23.8. The van der Waals surface area contributed by atoms with E-state index in [0.717, 1.165) is 45.2 Å². The third kappa shape index (κ3) is 16.4. The summed E-state index contributed by atoms with van der Waals surface area (Å²) in [5, 5.41) is 52.1. The summed E-state index contributed by atoms with van der Waals surface area (Å²) < 4.78 is 11.1. The summed E-state index contributed by atoms with van der Waals surface area (Å²) in [4.78, 5) is 2.11. The van der Waals surface area contributed by atoms with E-state index in [-0.39, 0.29) is 12.3 Å². The van der Waals surface area contributed by atoms with E-state index >= 15 is 0 Å². The van der Waals surface area contributed by atoms with E-state index < -0.39 is 37.3 Å². The van der Waals surface area contributed by atoms with Gasteiger partial charge in [-0.05, 0) is 40.3 Å². The number of nitrogens with zero attached hydrogens (tertiary/aromatic N) is 1. The van der Waals surface area contributed by atoms with E-state index in [9.17, 15) is 25.5 Å². The summed E-state index contributed by atoms with van der Waals surface area (Å²) in [5.41, 5.74) is 0. The van der Waals surface area contributed by atoms with Gasteiger partial charge in [-0.15, -0.1) is 0 Å². The fraction of sp³-hybridized carbons (Fsp3) is 1.00. The molecule has 0 bridgehead atoms. The third-order valence-corrected chi connectivity index (χ3v) is 7.24. The second-order valence-corrected chi connectivity index (χ2v) is 11.1. The maximum atomic E-state index is 10.1. The first-order valence-electron chi connectivity index (χ1n) is 14.8. The minimum atomic E-state index is -1.39. The van der Waals surface area contributed by atoms with Crippen LogP contribution >= 0.6 is 0 Å². The van der Waals surface area contributed by atoms with Crippen molar-refractivity contribution in [3.05, 3.63) is 0 Å². The number of rotatable bonds is 23. The van der Waals surface area contributed by atoms with Crippen LogP contribution in [-0.2, 0) is 9.47 Å². The quantitative estimate of drug-likeness (QED) is 0.0863. The highest BCUT2D eigenvalue weighted by Gasteiger charge is 2.44. The Morgan fingerprint density at radius 1 is 0.757 bits per heavy atom. The lowest BCUT2D eigenvalue weighted by Crippen LogP contribution is -2.59. The lowest BCUT2D eigenvalue weighted by molar-refractivity contribution is -0.310. The number of nitrogens with one attached hydrogen (secondary N) is 1. The Kier molecular flexibility index (Phi) is 20.1. The molecule has 7 unspecified atom stereocenters. The van der Waals surface area contributed by atoms with Crippen molar-refractivity contribution < 1.29 is 35.0 Å². The average molecular weight is 535 g/mol. The minimum Gasteiger partial charge on any atom is -0.394 e. The summed E-state index contributed by atoms with van der Waals surface area (Å²) in [5.74, 6) is 0. The van der Waals surface area contributed by atoms with Crippen LogP contribution in [0.1, 0.15) is 103 Å². The van der Waals surface area contributed by atoms with Gasteiger partial charge in [0.25, 0.3) is 0 Å². The van der Waals surface area contributed by atoms with Crippen LogP contribution in [0.3, 0.4) is 0 Å². The van der Waals surface area contributed by atoms with Crippen molar-refractivity contribution in [2.45, 2.75) is 146 Å². The molecule has 0 saturated carbocycles. The fourth-order valence-electron chi connectivity index (χ4n) is 4.75. The Morgan fingerprint density at radius 2 is 1.24 bits per heavy atom. The van der Waals surface area contributed by atoms with Gasteiger partial charge in [0.05, 0.1) is 12.7 Å².